The van der Waals surface area contributed by atoms with Crippen molar-refractivity contribution in [1.82, 2.24) is 20.2 Å². The molecule has 1 aliphatic carbocycles. The predicted molar refractivity (Wildman–Crippen MR) is 141 cm³/mol. The summed E-state index contributed by atoms with van der Waals surface area (Å²) in [6.07, 6.45) is 7.12. The summed E-state index contributed by atoms with van der Waals surface area (Å²) in [4.78, 5) is 23.4. The lowest BCUT2D eigenvalue weighted by Gasteiger charge is -2.37. The van der Waals surface area contributed by atoms with Crippen LogP contribution in [-0.2, 0) is 4.79 Å². The summed E-state index contributed by atoms with van der Waals surface area (Å²) >= 11 is 5.95. The van der Waals surface area contributed by atoms with Gasteiger partial charge in [0.15, 0.2) is 17.3 Å². The van der Waals surface area contributed by atoms with Crippen LogP contribution >= 0.6 is 11.6 Å². The van der Waals surface area contributed by atoms with E-state index in [0.717, 1.165) is 45.1 Å². The van der Waals surface area contributed by atoms with Crippen LogP contribution in [0.1, 0.15) is 38.5 Å². The number of nitrogens with one attached hydrogen (secondary N) is 2. The Bertz CT molecular complexity index is 1280. The Morgan fingerprint density at radius 2 is 1.95 bits per heavy atom. The number of methoxy groups -OCH3 is 1. The van der Waals surface area contributed by atoms with E-state index in [0.29, 0.717) is 34.3 Å². The zero-order chi connectivity index (χ0) is 25.9. The van der Waals surface area contributed by atoms with Gasteiger partial charge in [0.2, 0.25) is 5.91 Å². The molecular formula is C27H31ClFN5O3. The Hall–Kier alpha value is -3.17. The van der Waals surface area contributed by atoms with E-state index in [1.807, 2.05) is 6.07 Å². The monoisotopic (exact) mass is 527 g/mol. The fourth-order valence-electron chi connectivity index (χ4n) is 5.49. The molecule has 1 atom stereocenters. The van der Waals surface area contributed by atoms with Gasteiger partial charge in [-0.05, 0) is 63.3 Å². The molecule has 1 saturated carbocycles. The molecule has 2 heterocycles. The largest absolute Gasteiger partial charge is 0.493 e. The molecule has 196 valence electrons. The molecule has 1 aromatic heterocycles. The number of halogens is 2. The van der Waals surface area contributed by atoms with Gasteiger partial charge in [0.05, 0.1) is 35.5 Å². The highest BCUT2D eigenvalue weighted by molar-refractivity contribution is 6.31. The number of ether oxygens (including phenoxy) is 2. The molecule has 2 fully saturated rings. The summed E-state index contributed by atoms with van der Waals surface area (Å²) in [5, 5.41) is 6.55. The van der Waals surface area contributed by atoms with E-state index in [2.05, 4.69) is 25.5 Å². The zero-order valence-electron chi connectivity index (χ0n) is 21.0. The molecule has 10 heteroatoms. The maximum atomic E-state index is 14.5. The van der Waals surface area contributed by atoms with Crippen LogP contribution in [0.2, 0.25) is 5.02 Å². The first-order valence-electron chi connectivity index (χ1n) is 12.7. The van der Waals surface area contributed by atoms with Crippen LogP contribution in [-0.4, -0.2) is 59.7 Å². The number of hydrogen-bond donors (Lipinski definition) is 2. The van der Waals surface area contributed by atoms with Gasteiger partial charge < -0.3 is 20.1 Å². The fraction of sp³-hybridized carbons (Fsp3) is 0.444. The number of nitrogens with zero attached hydrogens (tertiary/aromatic N) is 3. The molecule has 1 amide bonds. The molecule has 0 spiro atoms. The number of amides is 1. The lowest BCUT2D eigenvalue weighted by Crippen LogP contribution is -2.48. The number of aromatic nitrogens is 2. The molecule has 2 N–H and O–H groups in total. The van der Waals surface area contributed by atoms with Crippen LogP contribution in [0.15, 0.2) is 36.7 Å². The highest BCUT2D eigenvalue weighted by atomic mass is 35.5. The molecule has 1 saturated heterocycles. The molecule has 37 heavy (non-hydrogen) atoms. The van der Waals surface area contributed by atoms with E-state index in [1.165, 1.54) is 12.4 Å². The number of hydrogen-bond acceptors (Lipinski definition) is 7. The number of likely N-dealkylation sites (tertiary alicyclic amines) is 1. The number of fused-ring (bicyclic) bond motifs is 1. The van der Waals surface area contributed by atoms with E-state index in [-0.39, 0.29) is 28.8 Å². The third-order valence-electron chi connectivity index (χ3n) is 7.38. The van der Waals surface area contributed by atoms with Crippen molar-refractivity contribution in [3.8, 4) is 11.5 Å². The van der Waals surface area contributed by atoms with Crippen molar-refractivity contribution in [1.29, 1.82) is 0 Å². The molecule has 1 aliphatic heterocycles. The van der Waals surface area contributed by atoms with Crippen molar-refractivity contribution >= 4 is 39.9 Å². The Balaban J connectivity index is 1.33. The van der Waals surface area contributed by atoms with Gasteiger partial charge in [-0.2, -0.15) is 0 Å². The average Bonchev–Trinajstić information content (AvgIpc) is 3.41. The first-order valence-corrected chi connectivity index (χ1v) is 13.0. The van der Waals surface area contributed by atoms with Crippen LogP contribution in [0.25, 0.3) is 10.9 Å². The van der Waals surface area contributed by atoms with Crippen LogP contribution in [0.4, 0.5) is 15.9 Å². The number of carbonyl (C=O) groups excluding carboxylic acids is 1. The Morgan fingerprint density at radius 3 is 2.70 bits per heavy atom. The standard InChI is InChI=1S/C27H31ClFN5O3/c1-30-27(35)22-7-4-12-34(22)16-8-10-17(11-9-16)37-24-13-18-21(14-23(24)36-2)31-15-32-26(18)33-20-6-3-5-19(28)25(20)29/h3,5-6,13-17,22H,4,7-12H2,1-2H3,(H,30,35)(H,31,32,33)/t16-,17+,22-/m1/s1. The Morgan fingerprint density at radius 1 is 1.14 bits per heavy atom. The third-order valence-corrected chi connectivity index (χ3v) is 7.67. The van der Waals surface area contributed by atoms with E-state index in [1.54, 1.807) is 32.4 Å². The van der Waals surface area contributed by atoms with Crippen molar-refractivity contribution in [2.24, 2.45) is 0 Å². The second kappa shape index (κ2) is 11.1. The maximum absolute atomic E-state index is 14.5. The number of benzene rings is 2. The zero-order valence-corrected chi connectivity index (χ0v) is 21.7. The van der Waals surface area contributed by atoms with Gasteiger partial charge >= 0.3 is 0 Å². The second-order valence-electron chi connectivity index (χ2n) is 9.53. The van der Waals surface area contributed by atoms with Crippen molar-refractivity contribution in [2.45, 2.75) is 56.7 Å². The van der Waals surface area contributed by atoms with Gasteiger partial charge in [-0.1, -0.05) is 17.7 Å². The second-order valence-corrected chi connectivity index (χ2v) is 9.93. The van der Waals surface area contributed by atoms with E-state index in [4.69, 9.17) is 21.1 Å². The van der Waals surface area contributed by atoms with Gasteiger partial charge in [-0.3, -0.25) is 9.69 Å². The number of carbonyl (C=O) groups is 1. The molecule has 2 aliphatic rings. The van der Waals surface area contributed by atoms with Crippen molar-refractivity contribution in [3.63, 3.8) is 0 Å². The lowest BCUT2D eigenvalue weighted by molar-refractivity contribution is -0.126. The first-order chi connectivity index (χ1) is 18.0. The fourth-order valence-corrected chi connectivity index (χ4v) is 5.67. The third kappa shape index (κ3) is 5.29. The summed E-state index contributed by atoms with van der Waals surface area (Å²) in [6, 6.07) is 8.77. The molecule has 0 unspecified atom stereocenters. The number of rotatable bonds is 7. The van der Waals surface area contributed by atoms with Crippen LogP contribution in [0.5, 0.6) is 11.5 Å². The van der Waals surface area contributed by atoms with E-state index < -0.39 is 5.82 Å². The highest BCUT2D eigenvalue weighted by Crippen LogP contribution is 2.38. The molecular weight excluding hydrogens is 497 g/mol. The Labute approximate surface area is 220 Å². The maximum Gasteiger partial charge on any atom is 0.237 e. The average molecular weight is 528 g/mol. The minimum Gasteiger partial charge on any atom is -0.493 e. The van der Waals surface area contributed by atoms with Gasteiger partial charge in [-0.15, -0.1) is 0 Å². The van der Waals surface area contributed by atoms with Gasteiger partial charge in [0.25, 0.3) is 0 Å². The minimum atomic E-state index is -0.547. The van der Waals surface area contributed by atoms with Crippen LogP contribution in [0.3, 0.4) is 0 Å². The van der Waals surface area contributed by atoms with Crippen LogP contribution in [0, 0.1) is 5.82 Å². The molecule has 2 aromatic carbocycles. The summed E-state index contributed by atoms with van der Waals surface area (Å²) in [5.74, 6) is 1.17. The highest BCUT2D eigenvalue weighted by Gasteiger charge is 2.37. The summed E-state index contributed by atoms with van der Waals surface area (Å²) in [7, 11) is 3.30. The smallest absolute Gasteiger partial charge is 0.237 e. The van der Waals surface area contributed by atoms with Gasteiger partial charge in [0.1, 0.15) is 12.1 Å². The van der Waals surface area contributed by atoms with Gasteiger partial charge in [-0.25, -0.2) is 14.4 Å². The SMILES string of the molecule is CNC(=O)[C@H]1CCCN1[C@H]1CC[C@@H](Oc2cc3c(Nc4cccc(Cl)c4F)ncnc3cc2OC)CC1. The first kappa shape index (κ1) is 25.5. The molecule has 5 rings (SSSR count). The van der Waals surface area contributed by atoms with E-state index >= 15 is 0 Å². The summed E-state index contributed by atoms with van der Waals surface area (Å²) < 4.78 is 26.6. The molecule has 3 aromatic rings. The lowest BCUT2D eigenvalue weighted by atomic mass is 9.91. The van der Waals surface area contributed by atoms with Crippen LogP contribution < -0.4 is 20.1 Å². The van der Waals surface area contributed by atoms with Crippen molar-refractivity contribution in [3.05, 3.63) is 47.5 Å². The normalized spacial score (nSPS) is 22.1. The number of anilines is 2. The minimum absolute atomic E-state index is 0.0232. The summed E-state index contributed by atoms with van der Waals surface area (Å²) in [5.41, 5.74) is 0.864. The summed E-state index contributed by atoms with van der Waals surface area (Å²) in [6.45, 7) is 0.968. The van der Waals surface area contributed by atoms with Gasteiger partial charge in [0, 0.05) is 24.5 Å². The molecule has 8 nitrogen and oxygen atoms in total. The molecule has 0 bridgehead atoms. The van der Waals surface area contributed by atoms with Crippen molar-refractivity contribution < 1.29 is 18.7 Å². The molecule has 0 radical (unpaired) electrons. The topological polar surface area (TPSA) is 88.6 Å². The quantitative estimate of drug-likeness (QED) is 0.443. The van der Waals surface area contributed by atoms with E-state index in [9.17, 15) is 9.18 Å². The number of likely N-dealkylation sites (N-methyl/N-ethyl adjacent to an activating group) is 1. The van der Waals surface area contributed by atoms with Crippen molar-refractivity contribution in [2.75, 3.05) is 26.0 Å². The predicted octanol–water partition coefficient (Wildman–Crippen LogP) is 5.07. The Kier molecular flexibility index (Phi) is 7.62.